The van der Waals surface area contributed by atoms with E-state index in [1.54, 1.807) is 30.7 Å². The van der Waals surface area contributed by atoms with Gasteiger partial charge in [0.05, 0.1) is 31.2 Å². The zero-order chi connectivity index (χ0) is 23.6. The first-order valence-electron chi connectivity index (χ1n) is 11.2. The summed E-state index contributed by atoms with van der Waals surface area (Å²) in [5.74, 6) is 2.47. The lowest BCUT2D eigenvalue weighted by Gasteiger charge is -2.36. The van der Waals surface area contributed by atoms with Gasteiger partial charge in [-0.1, -0.05) is 11.6 Å². The van der Waals surface area contributed by atoms with Gasteiger partial charge in [-0.05, 0) is 66.6 Å². The number of ether oxygens (including phenoxy) is 3. The minimum Gasteiger partial charge on any atom is -0.495 e. The van der Waals surface area contributed by atoms with E-state index < -0.39 is 10.0 Å². The zero-order valence-corrected chi connectivity index (χ0v) is 22.1. The summed E-state index contributed by atoms with van der Waals surface area (Å²) in [6.45, 7) is 3.87. The van der Waals surface area contributed by atoms with E-state index in [1.165, 1.54) is 24.3 Å². The molecule has 2 aromatic carbocycles. The second-order valence-corrected chi connectivity index (χ2v) is 10.9. The van der Waals surface area contributed by atoms with Crippen molar-refractivity contribution in [3.63, 3.8) is 0 Å². The standard InChI is InChI=1S/C24H31ClN2O5S.ClH/c1-30-22-5-4-20(14-21(22)25)33(28,29)27-10-6-17(7-11-27)15-26-9-8-18-12-23(31-2)24(32-3)13-19(18)16-26;/h4-5,12-14,17H,6-11,15-16H2,1-3H3;1H. The molecular weight excluding hydrogens is 499 g/mol. The van der Waals surface area contributed by atoms with Gasteiger partial charge in [0.1, 0.15) is 5.75 Å². The highest BCUT2D eigenvalue weighted by Crippen LogP contribution is 2.34. The zero-order valence-electron chi connectivity index (χ0n) is 19.8. The molecule has 0 aliphatic carbocycles. The Morgan fingerprint density at radius 2 is 1.53 bits per heavy atom. The number of halogens is 2. The number of sulfonamides is 1. The van der Waals surface area contributed by atoms with Gasteiger partial charge in [0.25, 0.3) is 0 Å². The molecule has 4 rings (SSSR count). The van der Waals surface area contributed by atoms with Crippen LogP contribution >= 0.6 is 24.0 Å². The number of nitrogens with zero attached hydrogens (tertiary/aromatic N) is 2. The Balaban J connectivity index is 0.00000324. The summed E-state index contributed by atoms with van der Waals surface area (Å²) in [4.78, 5) is 2.68. The van der Waals surface area contributed by atoms with Crippen LogP contribution in [0.5, 0.6) is 17.2 Å². The average Bonchev–Trinajstić information content (AvgIpc) is 2.83. The van der Waals surface area contributed by atoms with Gasteiger partial charge < -0.3 is 14.2 Å². The van der Waals surface area contributed by atoms with E-state index in [4.69, 9.17) is 25.8 Å². The molecular formula is C24H32Cl2N2O5S. The lowest BCUT2D eigenvalue weighted by atomic mass is 9.94. The molecule has 0 radical (unpaired) electrons. The van der Waals surface area contributed by atoms with E-state index in [2.05, 4.69) is 17.0 Å². The summed E-state index contributed by atoms with van der Waals surface area (Å²) >= 11 is 6.15. The average molecular weight is 532 g/mol. The monoisotopic (exact) mass is 530 g/mol. The Morgan fingerprint density at radius 3 is 2.12 bits per heavy atom. The highest BCUT2D eigenvalue weighted by molar-refractivity contribution is 7.89. The van der Waals surface area contributed by atoms with Crippen molar-refractivity contribution in [3.8, 4) is 17.2 Å². The molecule has 1 saturated heterocycles. The maximum Gasteiger partial charge on any atom is 0.243 e. The Kier molecular flexibility index (Phi) is 8.98. The number of hydrogen-bond donors (Lipinski definition) is 0. The molecule has 0 N–H and O–H groups in total. The summed E-state index contributed by atoms with van der Waals surface area (Å²) in [6, 6.07) is 8.79. The third-order valence-corrected chi connectivity index (χ3v) is 8.84. The smallest absolute Gasteiger partial charge is 0.243 e. The van der Waals surface area contributed by atoms with E-state index in [-0.39, 0.29) is 17.3 Å². The highest BCUT2D eigenvalue weighted by atomic mass is 35.5. The Hall–Kier alpha value is -1.71. The molecule has 2 aromatic rings. The van der Waals surface area contributed by atoms with Crippen LogP contribution in [0.15, 0.2) is 35.2 Å². The summed E-state index contributed by atoms with van der Waals surface area (Å²) in [7, 11) is 1.26. The molecule has 34 heavy (non-hydrogen) atoms. The van der Waals surface area contributed by atoms with Gasteiger partial charge in [-0.3, -0.25) is 4.90 Å². The lowest BCUT2D eigenvalue weighted by Crippen LogP contribution is -2.42. The maximum atomic E-state index is 13.1. The van der Waals surface area contributed by atoms with Gasteiger partial charge in [0.2, 0.25) is 10.0 Å². The van der Waals surface area contributed by atoms with Crippen LogP contribution in [-0.4, -0.2) is 65.1 Å². The number of methoxy groups -OCH3 is 3. The van der Waals surface area contributed by atoms with Crippen molar-refractivity contribution in [2.45, 2.75) is 30.7 Å². The lowest BCUT2D eigenvalue weighted by molar-refractivity contribution is 0.171. The summed E-state index contributed by atoms with van der Waals surface area (Å²) in [5.41, 5.74) is 2.58. The fourth-order valence-electron chi connectivity index (χ4n) is 4.75. The number of fused-ring (bicyclic) bond motifs is 1. The molecule has 2 aliphatic rings. The van der Waals surface area contributed by atoms with E-state index in [1.807, 2.05) is 0 Å². The molecule has 0 atom stereocenters. The minimum atomic E-state index is -3.57. The van der Waals surface area contributed by atoms with Crippen LogP contribution < -0.4 is 14.2 Å². The topological polar surface area (TPSA) is 68.3 Å². The van der Waals surface area contributed by atoms with Gasteiger partial charge in [-0.15, -0.1) is 12.4 Å². The van der Waals surface area contributed by atoms with Crippen molar-refractivity contribution in [3.05, 3.63) is 46.5 Å². The molecule has 0 amide bonds. The number of hydrogen-bond acceptors (Lipinski definition) is 6. The van der Waals surface area contributed by atoms with Crippen LogP contribution in [-0.2, 0) is 23.0 Å². The molecule has 0 spiro atoms. The second kappa shape index (κ2) is 11.4. The quantitative estimate of drug-likeness (QED) is 0.533. The van der Waals surface area contributed by atoms with Crippen molar-refractivity contribution in [2.24, 2.45) is 5.92 Å². The van der Waals surface area contributed by atoms with Crippen molar-refractivity contribution in [1.29, 1.82) is 0 Å². The molecule has 0 bridgehead atoms. The summed E-state index contributed by atoms with van der Waals surface area (Å²) in [6.07, 6.45) is 2.66. The van der Waals surface area contributed by atoms with Gasteiger partial charge in [-0.25, -0.2) is 8.42 Å². The fraction of sp³-hybridized carbons (Fsp3) is 0.500. The van der Waals surface area contributed by atoms with E-state index >= 15 is 0 Å². The van der Waals surface area contributed by atoms with Crippen LogP contribution in [0.25, 0.3) is 0 Å². The predicted octanol–water partition coefficient (Wildman–Crippen LogP) is 4.25. The van der Waals surface area contributed by atoms with Crippen molar-refractivity contribution in [1.82, 2.24) is 9.21 Å². The molecule has 2 heterocycles. The van der Waals surface area contributed by atoms with E-state index in [0.29, 0.717) is 29.8 Å². The molecule has 7 nitrogen and oxygen atoms in total. The van der Waals surface area contributed by atoms with Crippen LogP contribution in [0.4, 0.5) is 0 Å². The largest absolute Gasteiger partial charge is 0.495 e. The van der Waals surface area contributed by atoms with Gasteiger partial charge in [-0.2, -0.15) is 4.31 Å². The Labute approximate surface area is 213 Å². The highest BCUT2D eigenvalue weighted by Gasteiger charge is 2.31. The van der Waals surface area contributed by atoms with Crippen LogP contribution in [0.3, 0.4) is 0 Å². The first-order valence-corrected chi connectivity index (χ1v) is 13.0. The molecule has 2 aliphatic heterocycles. The molecule has 10 heteroatoms. The molecule has 1 fully saturated rings. The van der Waals surface area contributed by atoms with Gasteiger partial charge in [0.15, 0.2) is 11.5 Å². The second-order valence-electron chi connectivity index (χ2n) is 8.60. The normalized spacial score (nSPS) is 17.5. The predicted molar refractivity (Wildman–Crippen MR) is 135 cm³/mol. The van der Waals surface area contributed by atoms with Crippen molar-refractivity contribution < 1.29 is 22.6 Å². The summed E-state index contributed by atoms with van der Waals surface area (Å²) < 4.78 is 43.8. The Morgan fingerprint density at radius 1 is 0.912 bits per heavy atom. The van der Waals surface area contributed by atoms with Crippen molar-refractivity contribution in [2.75, 3.05) is 47.5 Å². The molecule has 0 unspecified atom stereocenters. The van der Waals surface area contributed by atoms with Gasteiger partial charge in [0, 0.05) is 32.7 Å². The third-order valence-electron chi connectivity index (χ3n) is 6.65. The molecule has 0 saturated carbocycles. The van der Waals surface area contributed by atoms with E-state index in [0.717, 1.165) is 50.4 Å². The maximum absolute atomic E-state index is 13.1. The fourth-order valence-corrected chi connectivity index (χ4v) is 6.57. The summed E-state index contributed by atoms with van der Waals surface area (Å²) in [5, 5.41) is 0.299. The first-order chi connectivity index (χ1) is 15.8. The van der Waals surface area contributed by atoms with E-state index in [9.17, 15) is 8.42 Å². The SMILES string of the molecule is COc1ccc(S(=O)(=O)N2CCC(CN3CCc4cc(OC)c(OC)cc4C3)CC2)cc1Cl.Cl. The number of piperidine rings is 1. The van der Waals surface area contributed by atoms with Crippen LogP contribution in [0, 0.1) is 5.92 Å². The minimum absolute atomic E-state index is 0. The molecule has 188 valence electrons. The van der Waals surface area contributed by atoms with Crippen LogP contribution in [0.1, 0.15) is 24.0 Å². The van der Waals surface area contributed by atoms with Crippen molar-refractivity contribution >= 4 is 34.0 Å². The number of rotatable bonds is 7. The molecule has 0 aromatic heterocycles. The third kappa shape index (κ3) is 5.57. The van der Waals surface area contributed by atoms with Crippen LogP contribution in [0.2, 0.25) is 5.02 Å². The first kappa shape index (κ1) is 26.9. The number of benzene rings is 2. The van der Waals surface area contributed by atoms with Gasteiger partial charge >= 0.3 is 0 Å². The Bertz CT molecular complexity index is 1100.